The minimum absolute atomic E-state index is 0.0581. The Morgan fingerprint density at radius 3 is 2.55 bits per heavy atom. The van der Waals surface area contributed by atoms with Crippen LogP contribution in [0.3, 0.4) is 0 Å². The van der Waals surface area contributed by atoms with Gasteiger partial charge in [0.05, 0.1) is 0 Å². The van der Waals surface area contributed by atoms with Gasteiger partial charge in [0, 0.05) is 6.42 Å². The lowest BCUT2D eigenvalue weighted by atomic mass is 9.75. The predicted molar refractivity (Wildman–Crippen MR) is 80.2 cm³/mol. The SMILES string of the molecule is CC1CCC(C(C)C)C(OC(=O)CCC(O)N(C)C)C1. The first kappa shape index (κ1) is 17.4. The number of carbonyl (C=O) groups is 1. The molecule has 0 aromatic rings. The van der Waals surface area contributed by atoms with Crippen molar-refractivity contribution < 1.29 is 14.6 Å². The van der Waals surface area contributed by atoms with Gasteiger partial charge in [-0.15, -0.1) is 0 Å². The highest BCUT2D eigenvalue weighted by Gasteiger charge is 2.33. The van der Waals surface area contributed by atoms with Crippen LogP contribution in [0.15, 0.2) is 0 Å². The van der Waals surface area contributed by atoms with Crippen LogP contribution in [-0.4, -0.2) is 42.4 Å². The van der Waals surface area contributed by atoms with Gasteiger partial charge in [-0.2, -0.15) is 0 Å². The van der Waals surface area contributed by atoms with Gasteiger partial charge in [-0.1, -0.05) is 27.2 Å². The third-order valence-corrected chi connectivity index (χ3v) is 4.45. The molecular formula is C16H31NO3. The molecule has 0 radical (unpaired) electrons. The van der Waals surface area contributed by atoms with Crippen molar-refractivity contribution in [2.45, 2.75) is 65.2 Å². The molecule has 4 heteroatoms. The van der Waals surface area contributed by atoms with E-state index in [0.29, 0.717) is 24.2 Å². The van der Waals surface area contributed by atoms with Crippen LogP contribution >= 0.6 is 0 Å². The molecule has 0 aromatic heterocycles. The summed E-state index contributed by atoms with van der Waals surface area (Å²) >= 11 is 0. The summed E-state index contributed by atoms with van der Waals surface area (Å²) < 4.78 is 5.70. The van der Waals surface area contributed by atoms with Crippen molar-refractivity contribution in [2.24, 2.45) is 17.8 Å². The number of rotatable bonds is 6. The number of esters is 1. The summed E-state index contributed by atoms with van der Waals surface area (Å²) in [4.78, 5) is 13.7. The first-order valence-electron chi connectivity index (χ1n) is 7.85. The molecule has 1 rings (SSSR count). The Bertz CT molecular complexity index is 304. The van der Waals surface area contributed by atoms with E-state index in [4.69, 9.17) is 4.74 Å². The zero-order valence-electron chi connectivity index (χ0n) is 13.6. The molecular weight excluding hydrogens is 254 g/mol. The third kappa shape index (κ3) is 5.41. The fourth-order valence-corrected chi connectivity index (χ4v) is 2.98. The van der Waals surface area contributed by atoms with Gasteiger partial charge in [-0.25, -0.2) is 0 Å². The van der Waals surface area contributed by atoms with Crippen LogP contribution in [0, 0.1) is 17.8 Å². The molecule has 0 heterocycles. The monoisotopic (exact) mass is 285 g/mol. The molecule has 0 saturated heterocycles. The molecule has 20 heavy (non-hydrogen) atoms. The van der Waals surface area contributed by atoms with Crippen LogP contribution < -0.4 is 0 Å². The van der Waals surface area contributed by atoms with Crippen LogP contribution in [0.25, 0.3) is 0 Å². The largest absolute Gasteiger partial charge is 0.462 e. The molecule has 4 atom stereocenters. The summed E-state index contributed by atoms with van der Waals surface area (Å²) in [7, 11) is 3.60. The van der Waals surface area contributed by atoms with Gasteiger partial charge in [0.2, 0.25) is 0 Å². The molecule has 0 aliphatic heterocycles. The zero-order chi connectivity index (χ0) is 15.3. The van der Waals surface area contributed by atoms with Crippen molar-refractivity contribution in [3.8, 4) is 0 Å². The second kappa shape index (κ2) is 7.99. The minimum atomic E-state index is -0.575. The van der Waals surface area contributed by atoms with E-state index in [1.165, 1.54) is 6.42 Å². The normalized spacial score (nSPS) is 28.7. The highest BCUT2D eigenvalue weighted by atomic mass is 16.5. The van der Waals surface area contributed by atoms with Crippen LogP contribution in [0.5, 0.6) is 0 Å². The summed E-state index contributed by atoms with van der Waals surface area (Å²) in [6, 6.07) is 0. The summed E-state index contributed by atoms with van der Waals surface area (Å²) in [5, 5.41) is 9.68. The molecule has 1 aliphatic rings. The van der Waals surface area contributed by atoms with Crippen molar-refractivity contribution in [3.63, 3.8) is 0 Å². The molecule has 0 amide bonds. The quantitative estimate of drug-likeness (QED) is 0.602. The Morgan fingerprint density at radius 2 is 2.00 bits per heavy atom. The maximum Gasteiger partial charge on any atom is 0.306 e. The van der Waals surface area contributed by atoms with Crippen LogP contribution in [0.4, 0.5) is 0 Å². The average Bonchev–Trinajstić information content (AvgIpc) is 2.35. The van der Waals surface area contributed by atoms with Gasteiger partial charge in [-0.3, -0.25) is 9.69 Å². The van der Waals surface area contributed by atoms with Crippen LogP contribution in [0.1, 0.15) is 52.9 Å². The Morgan fingerprint density at radius 1 is 1.35 bits per heavy atom. The zero-order valence-corrected chi connectivity index (χ0v) is 13.6. The molecule has 0 spiro atoms. The van der Waals surface area contributed by atoms with Crippen molar-refractivity contribution in [1.82, 2.24) is 4.90 Å². The summed E-state index contributed by atoms with van der Waals surface area (Å²) in [6.07, 6.45) is 3.56. The molecule has 1 aliphatic carbocycles. The van der Waals surface area contributed by atoms with Gasteiger partial charge < -0.3 is 9.84 Å². The minimum Gasteiger partial charge on any atom is -0.462 e. The number of nitrogens with zero attached hydrogens (tertiary/aromatic N) is 1. The second-order valence-corrected chi connectivity index (χ2v) is 6.84. The molecule has 118 valence electrons. The molecule has 0 aromatic carbocycles. The van der Waals surface area contributed by atoms with E-state index in [9.17, 15) is 9.90 Å². The van der Waals surface area contributed by atoms with E-state index < -0.39 is 6.23 Å². The molecule has 4 unspecified atom stereocenters. The molecule has 4 nitrogen and oxygen atoms in total. The van der Waals surface area contributed by atoms with Gasteiger partial charge in [0.25, 0.3) is 0 Å². The van der Waals surface area contributed by atoms with E-state index >= 15 is 0 Å². The second-order valence-electron chi connectivity index (χ2n) is 6.84. The molecule has 1 fully saturated rings. The molecule has 1 saturated carbocycles. The first-order chi connectivity index (χ1) is 9.31. The van der Waals surface area contributed by atoms with Crippen molar-refractivity contribution in [1.29, 1.82) is 0 Å². The number of aliphatic hydroxyl groups is 1. The standard InChI is InChI=1S/C16H31NO3/c1-11(2)13-7-6-12(3)10-14(13)20-16(19)9-8-15(18)17(4)5/h11-15,18H,6-10H2,1-5H3. The maximum absolute atomic E-state index is 12.0. The topological polar surface area (TPSA) is 49.8 Å². The molecule has 1 N–H and O–H groups in total. The van der Waals surface area contributed by atoms with Gasteiger partial charge in [0.15, 0.2) is 0 Å². The highest BCUT2D eigenvalue weighted by molar-refractivity contribution is 5.69. The van der Waals surface area contributed by atoms with E-state index in [1.807, 2.05) is 0 Å². The van der Waals surface area contributed by atoms with E-state index in [0.717, 1.165) is 12.8 Å². The number of ether oxygens (including phenoxy) is 1. The van der Waals surface area contributed by atoms with Crippen molar-refractivity contribution in [2.75, 3.05) is 14.1 Å². The molecule has 0 bridgehead atoms. The Labute approximate surface area is 123 Å². The van der Waals surface area contributed by atoms with Gasteiger partial charge in [-0.05, 0) is 51.1 Å². The number of aliphatic hydroxyl groups excluding tert-OH is 1. The maximum atomic E-state index is 12.0. The lowest BCUT2D eigenvalue weighted by Crippen LogP contribution is -2.36. The predicted octanol–water partition coefficient (Wildman–Crippen LogP) is 2.65. The van der Waals surface area contributed by atoms with Crippen molar-refractivity contribution in [3.05, 3.63) is 0 Å². The van der Waals surface area contributed by atoms with Gasteiger partial charge in [0.1, 0.15) is 12.3 Å². The Balaban J connectivity index is 2.45. The lowest BCUT2D eigenvalue weighted by molar-refractivity contribution is -0.157. The van der Waals surface area contributed by atoms with Crippen LogP contribution in [-0.2, 0) is 9.53 Å². The fourth-order valence-electron chi connectivity index (χ4n) is 2.98. The highest BCUT2D eigenvalue weighted by Crippen LogP contribution is 2.35. The average molecular weight is 285 g/mol. The van der Waals surface area contributed by atoms with E-state index in [2.05, 4.69) is 20.8 Å². The lowest BCUT2D eigenvalue weighted by Gasteiger charge is -2.36. The van der Waals surface area contributed by atoms with Crippen molar-refractivity contribution >= 4 is 5.97 Å². The summed E-state index contributed by atoms with van der Waals surface area (Å²) in [6.45, 7) is 6.64. The smallest absolute Gasteiger partial charge is 0.306 e. The van der Waals surface area contributed by atoms with Gasteiger partial charge >= 0.3 is 5.97 Å². The summed E-state index contributed by atoms with van der Waals surface area (Å²) in [5.74, 6) is 1.49. The van der Waals surface area contributed by atoms with E-state index in [-0.39, 0.29) is 18.5 Å². The Hall–Kier alpha value is -0.610. The number of hydrogen-bond donors (Lipinski definition) is 1. The number of hydrogen-bond acceptors (Lipinski definition) is 4. The third-order valence-electron chi connectivity index (χ3n) is 4.45. The van der Waals surface area contributed by atoms with E-state index in [1.54, 1.807) is 19.0 Å². The number of carbonyl (C=O) groups excluding carboxylic acids is 1. The Kier molecular flexibility index (Phi) is 6.96. The first-order valence-corrected chi connectivity index (χ1v) is 7.85. The summed E-state index contributed by atoms with van der Waals surface area (Å²) in [5.41, 5.74) is 0. The fraction of sp³-hybridized carbons (Fsp3) is 0.938. The van der Waals surface area contributed by atoms with Crippen LogP contribution in [0.2, 0.25) is 0 Å².